The Labute approximate surface area is 127 Å². The van der Waals surface area contributed by atoms with E-state index in [2.05, 4.69) is 15.5 Å². The topological polar surface area (TPSA) is 72.8 Å². The van der Waals surface area contributed by atoms with Crippen molar-refractivity contribution in [3.05, 3.63) is 54.2 Å². The molecule has 1 aliphatic rings. The highest BCUT2D eigenvalue weighted by atomic mass is 16.6. The van der Waals surface area contributed by atoms with Gasteiger partial charge in [0, 0.05) is 6.42 Å². The second-order valence-electron chi connectivity index (χ2n) is 4.78. The molecule has 0 spiro atoms. The molecule has 22 heavy (non-hydrogen) atoms. The summed E-state index contributed by atoms with van der Waals surface area (Å²) in [5.41, 5.74) is 1.35. The molecule has 6 nitrogen and oxygen atoms in total. The molecule has 1 aromatic carbocycles. The van der Waals surface area contributed by atoms with Crippen molar-refractivity contribution < 1.29 is 14.4 Å². The van der Waals surface area contributed by atoms with Gasteiger partial charge in [-0.2, -0.15) is 0 Å². The third kappa shape index (κ3) is 3.06. The van der Waals surface area contributed by atoms with Crippen LogP contribution < -0.4 is 10.1 Å². The molecule has 0 unspecified atom stereocenters. The minimum absolute atomic E-state index is 0.217. The van der Waals surface area contributed by atoms with Crippen LogP contribution in [0, 0.1) is 0 Å². The molecule has 6 heteroatoms. The van der Waals surface area contributed by atoms with E-state index in [-0.39, 0.29) is 12.0 Å². The molecule has 0 radical (unpaired) electrons. The molecule has 0 saturated heterocycles. The molecule has 0 fully saturated rings. The maximum absolute atomic E-state index is 12.2. The average Bonchev–Trinajstić information content (AvgIpc) is 3.06. The zero-order chi connectivity index (χ0) is 15.4. The highest BCUT2D eigenvalue weighted by Gasteiger charge is 2.27. The zero-order valence-electron chi connectivity index (χ0n) is 12.0. The standard InChI is InChI=1S/C16H15N3O3/c1-21-12-7-8-15(17-10-12)18-16(20)13-9-14(22-19-13)11-5-3-2-4-6-11/h2-8,10,14H,9H2,1H3,(H,17,18,20)/t14-/m0/s1. The molecular formula is C16H15N3O3. The van der Waals surface area contributed by atoms with Crippen molar-refractivity contribution in [2.24, 2.45) is 5.16 Å². The third-order valence-electron chi connectivity index (χ3n) is 3.32. The number of rotatable bonds is 4. The number of ether oxygens (including phenoxy) is 1. The summed E-state index contributed by atoms with van der Waals surface area (Å²) in [5.74, 6) is 0.761. The van der Waals surface area contributed by atoms with Crippen LogP contribution in [0.2, 0.25) is 0 Å². The van der Waals surface area contributed by atoms with Crippen LogP contribution in [0.25, 0.3) is 0 Å². The number of methoxy groups -OCH3 is 1. The normalized spacial score (nSPS) is 16.6. The molecule has 3 rings (SSSR count). The fourth-order valence-electron chi connectivity index (χ4n) is 2.12. The highest BCUT2D eigenvalue weighted by Crippen LogP contribution is 2.27. The minimum atomic E-state index is -0.309. The lowest BCUT2D eigenvalue weighted by molar-refractivity contribution is -0.110. The maximum atomic E-state index is 12.2. The van der Waals surface area contributed by atoms with Gasteiger partial charge in [-0.1, -0.05) is 35.5 Å². The molecule has 1 atom stereocenters. The summed E-state index contributed by atoms with van der Waals surface area (Å²) in [7, 11) is 1.56. The number of anilines is 1. The summed E-state index contributed by atoms with van der Waals surface area (Å²) >= 11 is 0. The quantitative estimate of drug-likeness (QED) is 0.941. The molecule has 0 bridgehead atoms. The van der Waals surface area contributed by atoms with Crippen molar-refractivity contribution in [2.75, 3.05) is 12.4 Å². The van der Waals surface area contributed by atoms with Gasteiger partial charge in [0.05, 0.1) is 13.3 Å². The van der Waals surface area contributed by atoms with E-state index in [1.165, 1.54) is 6.20 Å². The van der Waals surface area contributed by atoms with Gasteiger partial charge in [-0.25, -0.2) is 4.98 Å². The van der Waals surface area contributed by atoms with E-state index in [4.69, 9.17) is 9.57 Å². The number of carbonyl (C=O) groups excluding carboxylic acids is 1. The number of carbonyl (C=O) groups is 1. The number of nitrogens with zero attached hydrogens (tertiary/aromatic N) is 2. The maximum Gasteiger partial charge on any atom is 0.274 e. The van der Waals surface area contributed by atoms with Crippen LogP contribution in [0.15, 0.2) is 53.8 Å². The van der Waals surface area contributed by atoms with Crippen LogP contribution in [0.5, 0.6) is 5.75 Å². The first-order valence-corrected chi connectivity index (χ1v) is 6.85. The van der Waals surface area contributed by atoms with Crippen LogP contribution >= 0.6 is 0 Å². The van der Waals surface area contributed by atoms with Gasteiger partial charge in [0.2, 0.25) is 0 Å². The van der Waals surface area contributed by atoms with E-state index < -0.39 is 0 Å². The molecule has 1 aromatic heterocycles. The Bertz CT molecular complexity index is 684. The summed E-state index contributed by atoms with van der Waals surface area (Å²) in [6, 6.07) is 13.1. The van der Waals surface area contributed by atoms with E-state index in [9.17, 15) is 4.79 Å². The minimum Gasteiger partial charge on any atom is -0.495 e. The monoisotopic (exact) mass is 297 g/mol. The zero-order valence-corrected chi connectivity index (χ0v) is 12.0. The predicted octanol–water partition coefficient (Wildman–Crippen LogP) is 2.55. The Hall–Kier alpha value is -2.89. The van der Waals surface area contributed by atoms with E-state index in [1.807, 2.05) is 30.3 Å². The Kier molecular flexibility index (Phi) is 4.00. The first-order valence-electron chi connectivity index (χ1n) is 6.85. The Morgan fingerprint density at radius 2 is 2.09 bits per heavy atom. The lowest BCUT2D eigenvalue weighted by atomic mass is 10.0. The van der Waals surface area contributed by atoms with E-state index in [1.54, 1.807) is 19.2 Å². The number of oxime groups is 1. The van der Waals surface area contributed by atoms with Crippen molar-refractivity contribution >= 4 is 17.4 Å². The van der Waals surface area contributed by atoms with E-state index >= 15 is 0 Å². The Morgan fingerprint density at radius 3 is 2.77 bits per heavy atom. The SMILES string of the molecule is COc1ccc(NC(=O)C2=NO[C@H](c3ccccc3)C2)nc1. The summed E-state index contributed by atoms with van der Waals surface area (Å²) in [5, 5.41) is 6.57. The molecule has 2 heterocycles. The van der Waals surface area contributed by atoms with Gasteiger partial charge < -0.3 is 14.9 Å². The fourth-order valence-corrected chi connectivity index (χ4v) is 2.12. The second-order valence-corrected chi connectivity index (χ2v) is 4.78. The highest BCUT2D eigenvalue weighted by molar-refractivity contribution is 6.43. The predicted molar refractivity (Wildman–Crippen MR) is 81.7 cm³/mol. The number of pyridine rings is 1. The Balaban J connectivity index is 1.61. The number of nitrogens with one attached hydrogen (secondary N) is 1. The molecule has 1 N–H and O–H groups in total. The van der Waals surface area contributed by atoms with Crippen LogP contribution in [-0.4, -0.2) is 23.7 Å². The summed E-state index contributed by atoms with van der Waals surface area (Å²) in [6.07, 6.45) is 1.76. The van der Waals surface area contributed by atoms with Crippen molar-refractivity contribution in [3.63, 3.8) is 0 Å². The summed E-state index contributed by atoms with van der Waals surface area (Å²) in [6.45, 7) is 0. The first-order chi connectivity index (χ1) is 10.8. The van der Waals surface area contributed by atoms with Gasteiger partial charge in [0.15, 0.2) is 6.10 Å². The average molecular weight is 297 g/mol. The van der Waals surface area contributed by atoms with Crippen molar-refractivity contribution in [1.29, 1.82) is 0 Å². The summed E-state index contributed by atoms with van der Waals surface area (Å²) < 4.78 is 5.02. The molecule has 0 aliphatic carbocycles. The van der Waals surface area contributed by atoms with E-state index in [0.29, 0.717) is 23.7 Å². The molecule has 1 aliphatic heterocycles. The second kappa shape index (κ2) is 6.26. The number of hydrogen-bond acceptors (Lipinski definition) is 5. The van der Waals surface area contributed by atoms with Crippen LogP contribution in [-0.2, 0) is 9.63 Å². The lowest BCUT2D eigenvalue weighted by Gasteiger charge is -2.07. The van der Waals surface area contributed by atoms with Crippen LogP contribution in [0.1, 0.15) is 18.1 Å². The number of hydrogen-bond donors (Lipinski definition) is 1. The van der Waals surface area contributed by atoms with E-state index in [0.717, 1.165) is 5.56 Å². The van der Waals surface area contributed by atoms with Gasteiger partial charge in [-0.15, -0.1) is 0 Å². The van der Waals surface area contributed by atoms with Crippen LogP contribution in [0.4, 0.5) is 5.82 Å². The molecule has 1 amide bonds. The third-order valence-corrected chi connectivity index (χ3v) is 3.32. The fraction of sp³-hybridized carbons (Fsp3) is 0.188. The molecule has 0 saturated carbocycles. The summed E-state index contributed by atoms with van der Waals surface area (Å²) in [4.78, 5) is 21.6. The number of benzene rings is 1. The van der Waals surface area contributed by atoms with Crippen molar-refractivity contribution in [1.82, 2.24) is 4.98 Å². The molecule has 112 valence electrons. The smallest absolute Gasteiger partial charge is 0.274 e. The van der Waals surface area contributed by atoms with Crippen molar-refractivity contribution in [2.45, 2.75) is 12.5 Å². The van der Waals surface area contributed by atoms with Crippen LogP contribution in [0.3, 0.4) is 0 Å². The first kappa shape index (κ1) is 14.1. The molecular weight excluding hydrogens is 282 g/mol. The van der Waals surface area contributed by atoms with Crippen molar-refractivity contribution in [3.8, 4) is 5.75 Å². The van der Waals surface area contributed by atoms with Gasteiger partial charge in [-0.3, -0.25) is 4.79 Å². The Morgan fingerprint density at radius 1 is 1.27 bits per heavy atom. The molecule has 2 aromatic rings. The van der Waals surface area contributed by atoms with Gasteiger partial charge >= 0.3 is 0 Å². The largest absolute Gasteiger partial charge is 0.495 e. The lowest BCUT2D eigenvalue weighted by Crippen LogP contribution is -2.22. The van der Waals surface area contributed by atoms with Gasteiger partial charge in [0.1, 0.15) is 17.3 Å². The van der Waals surface area contributed by atoms with Gasteiger partial charge in [-0.05, 0) is 17.7 Å². The number of amides is 1. The number of aromatic nitrogens is 1. The van der Waals surface area contributed by atoms with Gasteiger partial charge in [0.25, 0.3) is 5.91 Å².